The lowest BCUT2D eigenvalue weighted by atomic mass is 10.1. The number of piperazine rings is 1. The minimum absolute atomic E-state index is 0.0202. The minimum atomic E-state index is -0.597. The average Bonchev–Trinajstić information content (AvgIpc) is 2.48. The van der Waals surface area contributed by atoms with Gasteiger partial charge in [0.25, 0.3) is 0 Å². The van der Waals surface area contributed by atoms with Gasteiger partial charge in [0.15, 0.2) is 0 Å². The second-order valence-electron chi connectivity index (χ2n) is 4.58. The highest BCUT2D eigenvalue weighted by molar-refractivity contribution is 6.30. The lowest BCUT2D eigenvalue weighted by Crippen LogP contribution is -2.49. The fraction of sp³-hybridized carbons (Fsp3) is 0.400. The average molecular weight is 277 g/mol. The Balaban J connectivity index is 1.93. The van der Waals surface area contributed by atoms with Crippen molar-refractivity contribution >= 4 is 17.5 Å². The third-order valence-corrected chi connectivity index (χ3v) is 3.75. The first-order chi connectivity index (χ1) is 9.22. The Morgan fingerprint density at radius 2 is 1.89 bits per heavy atom. The molecule has 100 valence electrons. The number of carbonyl (C=O) groups is 1. The van der Waals surface area contributed by atoms with Gasteiger partial charge in [-0.15, -0.1) is 18.0 Å². The standard InChI is InChI=1S/C15H17ClN2O/c1-2-8-17-9-11-18(12-10-17)15(19)14(16)13-6-4-3-5-7-13/h1,3-7,14H,8-12H2. The van der Waals surface area contributed by atoms with Gasteiger partial charge in [0.2, 0.25) is 5.91 Å². The van der Waals surface area contributed by atoms with Crippen LogP contribution in [0.25, 0.3) is 0 Å². The second-order valence-corrected chi connectivity index (χ2v) is 5.02. The van der Waals surface area contributed by atoms with E-state index in [4.69, 9.17) is 18.0 Å². The van der Waals surface area contributed by atoms with Gasteiger partial charge >= 0.3 is 0 Å². The molecule has 0 N–H and O–H groups in total. The molecule has 1 aliphatic rings. The predicted molar refractivity (Wildman–Crippen MR) is 76.9 cm³/mol. The van der Waals surface area contributed by atoms with E-state index in [2.05, 4.69) is 10.8 Å². The molecule has 1 unspecified atom stereocenters. The molecule has 1 amide bonds. The van der Waals surface area contributed by atoms with Crippen LogP contribution in [0.15, 0.2) is 30.3 Å². The third-order valence-electron chi connectivity index (χ3n) is 3.31. The molecule has 0 saturated carbocycles. The first-order valence-electron chi connectivity index (χ1n) is 6.36. The van der Waals surface area contributed by atoms with Crippen molar-refractivity contribution in [2.45, 2.75) is 5.38 Å². The Morgan fingerprint density at radius 3 is 2.47 bits per heavy atom. The highest BCUT2D eigenvalue weighted by atomic mass is 35.5. The van der Waals surface area contributed by atoms with Crippen LogP contribution in [0.1, 0.15) is 10.9 Å². The molecular formula is C15H17ClN2O. The van der Waals surface area contributed by atoms with Gasteiger partial charge in [0, 0.05) is 26.2 Å². The smallest absolute Gasteiger partial charge is 0.245 e. The molecule has 1 heterocycles. The SMILES string of the molecule is C#CCN1CCN(C(=O)C(Cl)c2ccccc2)CC1. The van der Waals surface area contributed by atoms with Crippen molar-refractivity contribution in [3.8, 4) is 12.3 Å². The molecule has 19 heavy (non-hydrogen) atoms. The number of nitrogens with zero attached hydrogens (tertiary/aromatic N) is 2. The highest BCUT2D eigenvalue weighted by Crippen LogP contribution is 2.23. The zero-order chi connectivity index (χ0) is 13.7. The summed E-state index contributed by atoms with van der Waals surface area (Å²) in [5, 5.41) is -0.597. The molecule has 3 nitrogen and oxygen atoms in total. The predicted octanol–water partition coefficient (Wildman–Crippen LogP) is 1.74. The van der Waals surface area contributed by atoms with Gasteiger partial charge in [-0.25, -0.2) is 0 Å². The Morgan fingerprint density at radius 1 is 1.26 bits per heavy atom. The van der Waals surface area contributed by atoms with Gasteiger partial charge in [0.05, 0.1) is 6.54 Å². The molecule has 2 rings (SSSR count). The Bertz CT molecular complexity index is 461. The van der Waals surface area contributed by atoms with Crippen LogP contribution in [0.2, 0.25) is 0 Å². The zero-order valence-corrected chi connectivity index (χ0v) is 11.5. The molecular weight excluding hydrogens is 260 g/mol. The number of benzene rings is 1. The maximum atomic E-state index is 12.3. The lowest BCUT2D eigenvalue weighted by molar-refractivity contribution is -0.132. The Hall–Kier alpha value is -1.50. The van der Waals surface area contributed by atoms with Crippen LogP contribution in [0.5, 0.6) is 0 Å². The van der Waals surface area contributed by atoms with Crippen LogP contribution in [0.4, 0.5) is 0 Å². The largest absolute Gasteiger partial charge is 0.339 e. The van der Waals surface area contributed by atoms with Crippen molar-refractivity contribution < 1.29 is 4.79 Å². The molecule has 1 aromatic carbocycles. The first kappa shape index (κ1) is 13.9. The summed E-state index contributed by atoms with van der Waals surface area (Å²) in [6.07, 6.45) is 5.28. The normalized spacial score (nSPS) is 17.8. The first-order valence-corrected chi connectivity index (χ1v) is 6.79. The molecule has 0 radical (unpaired) electrons. The molecule has 1 atom stereocenters. The minimum Gasteiger partial charge on any atom is -0.339 e. The Labute approximate surface area is 119 Å². The number of carbonyl (C=O) groups excluding carboxylic acids is 1. The maximum absolute atomic E-state index is 12.3. The summed E-state index contributed by atoms with van der Waals surface area (Å²) in [6, 6.07) is 9.45. The highest BCUT2D eigenvalue weighted by Gasteiger charge is 2.26. The Kier molecular flexibility index (Phi) is 4.84. The molecule has 0 spiro atoms. The van der Waals surface area contributed by atoms with E-state index in [0.717, 1.165) is 18.7 Å². The number of hydrogen-bond donors (Lipinski definition) is 0. The van der Waals surface area contributed by atoms with Crippen molar-refractivity contribution in [3.63, 3.8) is 0 Å². The molecule has 0 bridgehead atoms. The van der Waals surface area contributed by atoms with Crippen LogP contribution in [-0.2, 0) is 4.79 Å². The van der Waals surface area contributed by atoms with E-state index < -0.39 is 5.38 Å². The van der Waals surface area contributed by atoms with Gasteiger partial charge in [-0.2, -0.15) is 0 Å². The molecule has 1 aromatic rings. The van der Waals surface area contributed by atoms with Crippen LogP contribution in [0.3, 0.4) is 0 Å². The van der Waals surface area contributed by atoms with Crippen molar-refractivity contribution in [2.24, 2.45) is 0 Å². The summed E-state index contributed by atoms with van der Waals surface area (Å²) in [7, 11) is 0. The van der Waals surface area contributed by atoms with Gasteiger partial charge in [0.1, 0.15) is 5.38 Å². The van der Waals surface area contributed by atoms with E-state index in [1.54, 1.807) is 0 Å². The number of hydrogen-bond acceptors (Lipinski definition) is 2. The molecule has 1 fully saturated rings. The quantitative estimate of drug-likeness (QED) is 0.620. The molecule has 0 aliphatic carbocycles. The van der Waals surface area contributed by atoms with E-state index in [1.165, 1.54) is 0 Å². The van der Waals surface area contributed by atoms with Crippen LogP contribution in [0, 0.1) is 12.3 Å². The molecule has 1 aliphatic heterocycles. The summed E-state index contributed by atoms with van der Waals surface area (Å²) in [5.41, 5.74) is 0.847. The zero-order valence-electron chi connectivity index (χ0n) is 10.8. The van der Waals surface area contributed by atoms with Crippen molar-refractivity contribution in [2.75, 3.05) is 32.7 Å². The van der Waals surface area contributed by atoms with E-state index in [0.29, 0.717) is 19.6 Å². The van der Waals surface area contributed by atoms with Gasteiger partial charge in [-0.05, 0) is 5.56 Å². The molecule has 0 aromatic heterocycles. The summed E-state index contributed by atoms with van der Waals surface area (Å²) >= 11 is 6.25. The van der Waals surface area contributed by atoms with Crippen LogP contribution < -0.4 is 0 Å². The number of terminal acetylenes is 1. The summed E-state index contributed by atoms with van der Waals surface area (Å²) in [5.74, 6) is 2.61. The van der Waals surface area contributed by atoms with Crippen molar-refractivity contribution in [3.05, 3.63) is 35.9 Å². The second kappa shape index (κ2) is 6.60. The van der Waals surface area contributed by atoms with Gasteiger partial charge < -0.3 is 4.90 Å². The topological polar surface area (TPSA) is 23.6 Å². The number of halogens is 1. The summed E-state index contributed by atoms with van der Waals surface area (Å²) in [4.78, 5) is 16.3. The fourth-order valence-electron chi connectivity index (χ4n) is 2.18. The van der Waals surface area contributed by atoms with Crippen LogP contribution >= 0.6 is 11.6 Å². The van der Waals surface area contributed by atoms with E-state index in [9.17, 15) is 4.79 Å². The van der Waals surface area contributed by atoms with Crippen molar-refractivity contribution in [1.82, 2.24) is 9.80 Å². The third kappa shape index (κ3) is 3.50. The fourth-order valence-corrected chi connectivity index (χ4v) is 2.46. The van der Waals surface area contributed by atoms with E-state index in [-0.39, 0.29) is 5.91 Å². The van der Waals surface area contributed by atoms with Crippen LogP contribution in [-0.4, -0.2) is 48.4 Å². The molecule has 4 heteroatoms. The lowest BCUT2D eigenvalue weighted by Gasteiger charge is -2.34. The summed E-state index contributed by atoms with van der Waals surface area (Å²) < 4.78 is 0. The maximum Gasteiger partial charge on any atom is 0.245 e. The van der Waals surface area contributed by atoms with E-state index in [1.807, 2.05) is 35.2 Å². The van der Waals surface area contributed by atoms with Crippen molar-refractivity contribution in [1.29, 1.82) is 0 Å². The molecule has 1 saturated heterocycles. The van der Waals surface area contributed by atoms with Gasteiger partial charge in [-0.1, -0.05) is 36.3 Å². The number of alkyl halides is 1. The number of amides is 1. The van der Waals surface area contributed by atoms with Gasteiger partial charge in [-0.3, -0.25) is 9.69 Å². The monoisotopic (exact) mass is 276 g/mol. The number of rotatable bonds is 3. The van der Waals surface area contributed by atoms with E-state index >= 15 is 0 Å². The summed E-state index contributed by atoms with van der Waals surface area (Å²) in [6.45, 7) is 3.65.